The molecule has 0 aliphatic carbocycles. The summed E-state index contributed by atoms with van der Waals surface area (Å²) >= 11 is 4.17. The molecule has 0 atom stereocenters. The molecule has 20 heavy (non-hydrogen) atoms. The van der Waals surface area contributed by atoms with Crippen molar-refractivity contribution in [3.8, 4) is 0 Å². The van der Waals surface area contributed by atoms with Crippen molar-refractivity contribution in [2.24, 2.45) is 0 Å². The van der Waals surface area contributed by atoms with Crippen LogP contribution in [0.3, 0.4) is 0 Å². The maximum absolute atomic E-state index is 12.1. The zero-order chi connectivity index (χ0) is 14.2. The first kappa shape index (κ1) is 13.9. The van der Waals surface area contributed by atoms with Gasteiger partial charge in [-0.05, 0) is 35.9 Å². The standard InChI is InChI=1S/C12H10N2O2S4/c1-17-8-4-5-9-10(7-8)19-12(13-9)14-20(15,16)11-3-2-6-18-11/h2-7H,1H3,(H,13,14). The minimum atomic E-state index is -3.52. The Kier molecular flexibility index (Phi) is 3.72. The number of thiophene rings is 1. The zero-order valence-corrected chi connectivity index (χ0v) is 13.6. The third-order valence-electron chi connectivity index (χ3n) is 2.58. The number of aromatic nitrogens is 1. The van der Waals surface area contributed by atoms with Crippen molar-refractivity contribution in [3.05, 3.63) is 35.7 Å². The lowest BCUT2D eigenvalue weighted by atomic mass is 10.3. The fourth-order valence-electron chi connectivity index (χ4n) is 1.66. The topological polar surface area (TPSA) is 59.1 Å². The number of fused-ring (bicyclic) bond motifs is 1. The number of anilines is 1. The second-order valence-electron chi connectivity index (χ2n) is 3.89. The summed E-state index contributed by atoms with van der Waals surface area (Å²) in [6.07, 6.45) is 2.00. The van der Waals surface area contributed by atoms with Crippen molar-refractivity contribution in [3.63, 3.8) is 0 Å². The van der Waals surface area contributed by atoms with E-state index in [1.54, 1.807) is 29.3 Å². The monoisotopic (exact) mass is 342 g/mol. The number of nitrogens with zero attached hydrogens (tertiary/aromatic N) is 1. The van der Waals surface area contributed by atoms with Crippen LogP contribution in [-0.2, 0) is 10.0 Å². The van der Waals surface area contributed by atoms with Gasteiger partial charge in [-0.3, -0.25) is 4.72 Å². The average molecular weight is 342 g/mol. The molecular formula is C12H10N2O2S4. The maximum atomic E-state index is 12.1. The predicted molar refractivity (Wildman–Crippen MR) is 86.5 cm³/mol. The molecule has 0 bridgehead atoms. The van der Waals surface area contributed by atoms with E-state index < -0.39 is 10.0 Å². The molecule has 1 aromatic carbocycles. The molecule has 1 N–H and O–H groups in total. The fourth-order valence-corrected chi connectivity index (χ4v) is 5.30. The van der Waals surface area contributed by atoms with E-state index in [4.69, 9.17) is 0 Å². The van der Waals surface area contributed by atoms with Crippen molar-refractivity contribution in [2.45, 2.75) is 9.10 Å². The Morgan fingerprint density at radius 1 is 1.30 bits per heavy atom. The van der Waals surface area contributed by atoms with Gasteiger partial charge in [0.2, 0.25) is 0 Å². The van der Waals surface area contributed by atoms with Crippen molar-refractivity contribution >= 4 is 59.8 Å². The van der Waals surface area contributed by atoms with Gasteiger partial charge in [0.1, 0.15) is 4.21 Å². The molecular weight excluding hydrogens is 332 g/mol. The number of thiazole rings is 1. The van der Waals surface area contributed by atoms with E-state index in [2.05, 4.69) is 9.71 Å². The van der Waals surface area contributed by atoms with Crippen LogP contribution >= 0.6 is 34.4 Å². The summed E-state index contributed by atoms with van der Waals surface area (Å²) in [6.45, 7) is 0. The summed E-state index contributed by atoms with van der Waals surface area (Å²) in [5, 5.41) is 2.13. The van der Waals surface area contributed by atoms with Crippen LogP contribution in [0.1, 0.15) is 0 Å². The van der Waals surface area contributed by atoms with E-state index in [-0.39, 0.29) is 0 Å². The normalized spacial score (nSPS) is 11.8. The lowest BCUT2D eigenvalue weighted by Gasteiger charge is -2.00. The number of hydrogen-bond acceptors (Lipinski definition) is 6. The number of thioether (sulfide) groups is 1. The van der Waals surface area contributed by atoms with E-state index in [0.29, 0.717) is 9.34 Å². The first-order chi connectivity index (χ1) is 9.58. The number of nitrogens with one attached hydrogen (secondary N) is 1. The summed E-state index contributed by atoms with van der Waals surface area (Å²) in [6, 6.07) is 9.18. The third-order valence-corrected chi connectivity index (χ3v) is 7.10. The lowest BCUT2D eigenvalue weighted by Crippen LogP contribution is -2.10. The van der Waals surface area contributed by atoms with Gasteiger partial charge in [0.25, 0.3) is 10.0 Å². The van der Waals surface area contributed by atoms with E-state index in [9.17, 15) is 8.42 Å². The Morgan fingerprint density at radius 3 is 2.85 bits per heavy atom. The zero-order valence-electron chi connectivity index (χ0n) is 10.4. The molecule has 2 aromatic heterocycles. The van der Waals surface area contributed by atoms with Gasteiger partial charge in [-0.2, -0.15) is 0 Å². The Morgan fingerprint density at radius 2 is 2.15 bits per heavy atom. The SMILES string of the molecule is CSc1ccc2nc(NS(=O)(=O)c3cccs3)sc2c1. The Balaban J connectivity index is 1.95. The van der Waals surface area contributed by atoms with Crippen LogP contribution in [0.15, 0.2) is 44.8 Å². The smallest absolute Gasteiger partial charge is 0.254 e. The first-order valence-electron chi connectivity index (χ1n) is 5.59. The highest BCUT2D eigenvalue weighted by Crippen LogP contribution is 2.31. The minimum absolute atomic E-state index is 0.293. The van der Waals surface area contributed by atoms with Crippen LogP contribution in [-0.4, -0.2) is 19.7 Å². The van der Waals surface area contributed by atoms with Gasteiger partial charge in [-0.25, -0.2) is 13.4 Å². The van der Waals surface area contributed by atoms with Crippen LogP contribution in [0.5, 0.6) is 0 Å². The van der Waals surface area contributed by atoms with E-state index in [1.807, 2.05) is 24.5 Å². The molecule has 0 saturated carbocycles. The molecule has 0 radical (unpaired) electrons. The molecule has 0 unspecified atom stereocenters. The number of rotatable bonds is 4. The van der Waals surface area contributed by atoms with E-state index in [0.717, 1.165) is 15.1 Å². The second kappa shape index (κ2) is 5.36. The second-order valence-corrected chi connectivity index (χ2v) is 8.66. The summed E-state index contributed by atoms with van der Waals surface area (Å²) < 4.78 is 28.0. The largest absolute Gasteiger partial charge is 0.273 e. The highest BCUT2D eigenvalue weighted by Gasteiger charge is 2.17. The molecule has 4 nitrogen and oxygen atoms in total. The predicted octanol–water partition coefficient (Wildman–Crippen LogP) is 3.88. The molecule has 0 amide bonds. The van der Waals surface area contributed by atoms with E-state index >= 15 is 0 Å². The quantitative estimate of drug-likeness (QED) is 0.731. The molecule has 0 fully saturated rings. The van der Waals surface area contributed by atoms with Gasteiger partial charge >= 0.3 is 0 Å². The molecule has 8 heteroatoms. The summed E-state index contributed by atoms with van der Waals surface area (Å²) in [5.74, 6) is 0. The van der Waals surface area contributed by atoms with Crippen molar-refractivity contribution in [1.82, 2.24) is 4.98 Å². The Hall–Kier alpha value is -1.09. The van der Waals surface area contributed by atoms with Gasteiger partial charge in [-0.1, -0.05) is 17.4 Å². The molecule has 0 aliphatic heterocycles. The molecule has 0 saturated heterocycles. The first-order valence-corrected chi connectivity index (χ1v) is 10.00. The number of sulfonamides is 1. The summed E-state index contributed by atoms with van der Waals surface area (Å²) in [4.78, 5) is 5.44. The van der Waals surface area contributed by atoms with E-state index in [1.165, 1.54) is 22.7 Å². The van der Waals surface area contributed by atoms with Crippen LogP contribution < -0.4 is 4.72 Å². The van der Waals surface area contributed by atoms with Crippen molar-refractivity contribution < 1.29 is 8.42 Å². The van der Waals surface area contributed by atoms with Crippen LogP contribution in [0.4, 0.5) is 5.13 Å². The van der Waals surface area contributed by atoms with Crippen LogP contribution in [0.2, 0.25) is 0 Å². The molecule has 0 aliphatic rings. The van der Waals surface area contributed by atoms with Gasteiger partial charge < -0.3 is 0 Å². The number of benzene rings is 1. The van der Waals surface area contributed by atoms with Crippen LogP contribution in [0, 0.1) is 0 Å². The molecule has 2 heterocycles. The van der Waals surface area contributed by atoms with Gasteiger partial charge in [0, 0.05) is 4.90 Å². The highest BCUT2D eigenvalue weighted by atomic mass is 32.2. The van der Waals surface area contributed by atoms with Crippen molar-refractivity contribution in [2.75, 3.05) is 11.0 Å². The molecule has 3 rings (SSSR count). The fraction of sp³-hybridized carbons (Fsp3) is 0.0833. The van der Waals surface area contributed by atoms with Gasteiger partial charge in [0.05, 0.1) is 10.2 Å². The van der Waals surface area contributed by atoms with Crippen molar-refractivity contribution in [1.29, 1.82) is 0 Å². The summed E-state index contributed by atoms with van der Waals surface area (Å²) in [7, 11) is -3.52. The maximum Gasteiger partial charge on any atom is 0.273 e. The highest BCUT2D eigenvalue weighted by molar-refractivity contribution is 7.98. The van der Waals surface area contributed by atoms with Gasteiger partial charge in [0.15, 0.2) is 5.13 Å². The molecule has 104 valence electrons. The lowest BCUT2D eigenvalue weighted by molar-refractivity contribution is 0.603. The number of hydrogen-bond donors (Lipinski definition) is 1. The molecule has 0 spiro atoms. The molecule has 3 aromatic rings. The summed E-state index contributed by atoms with van der Waals surface area (Å²) in [5.41, 5.74) is 0.802. The Labute approximate surface area is 128 Å². The van der Waals surface area contributed by atoms with Crippen LogP contribution in [0.25, 0.3) is 10.2 Å². The van der Waals surface area contributed by atoms with Gasteiger partial charge in [-0.15, -0.1) is 23.1 Å². The Bertz CT molecular complexity index is 838. The average Bonchev–Trinajstić information content (AvgIpc) is 3.06. The minimum Gasteiger partial charge on any atom is -0.254 e. The third kappa shape index (κ3) is 2.69.